The molecule has 1 saturated heterocycles. The maximum Gasteiger partial charge on any atom is 0.260 e. The lowest BCUT2D eigenvalue weighted by Gasteiger charge is -2.30. The molecule has 1 fully saturated rings. The van der Waals surface area contributed by atoms with Crippen molar-refractivity contribution in [2.24, 2.45) is 0 Å². The molecule has 1 aromatic heterocycles. The summed E-state index contributed by atoms with van der Waals surface area (Å²) in [7, 11) is 2.02. The minimum Gasteiger partial charge on any atom is -0.334 e. The van der Waals surface area contributed by atoms with Crippen molar-refractivity contribution in [3.05, 3.63) is 34.3 Å². The van der Waals surface area contributed by atoms with Crippen LogP contribution < -0.4 is 5.32 Å². The zero-order valence-electron chi connectivity index (χ0n) is 10.9. The molecule has 2 aromatic rings. The van der Waals surface area contributed by atoms with Gasteiger partial charge in [-0.1, -0.05) is 21.1 Å². The maximum absolute atomic E-state index is 13.9. The third kappa shape index (κ3) is 2.61. The molecule has 1 aliphatic rings. The van der Waals surface area contributed by atoms with Crippen molar-refractivity contribution in [1.82, 2.24) is 20.4 Å². The van der Waals surface area contributed by atoms with Crippen LogP contribution in [0.5, 0.6) is 0 Å². The number of likely N-dealkylation sites (N-methyl/N-ethyl adjacent to an activating group) is 1. The normalized spacial score (nSPS) is 20.2. The van der Waals surface area contributed by atoms with Gasteiger partial charge in [0, 0.05) is 24.1 Å². The van der Waals surface area contributed by atoms with E-state index < -0.39 is 0 Å². The van der Waals surface area contributed by atoms with Crippen LogP contribution in [-0.4, -0.2) is 41.7 Å². The van der Waals surface area contributed by atoms with Gasteiger partial charge in [-0.15, -0.1) is 0 Å². The van der Waals surface area contributed by atoms with Crippen LogP contribution in [0.2, 0.25) is 0 Å². The minimum atomic E-state index is -0.385. The molecule has 1 N–H and O–H groups in total. The summed E-state index contributed by atoms with van der Waals surface area (Å²) in [5, 5.41) is 7.27. The number of hydrogen-bond acceptors (Lipinski definition) is 5. The lowest BCUT2D eigenvalue weighted by Crippen LogP contribution is -2.44. The number of halogens is 2. The third-order valence-corrected chi connectivity index (χ3v) is 3.91. The first-order valence-corrected chi connectivity index (χ1v) is 7.14. The molecule has 0 radical (unpaired) electrons. The number of rotatable bonds is 2. The summed E-state index contributed by atoms with van der Waals surface area (Å²) < 4.78 is 19.8. The van der Waals surface area contributed by atoms with E-state index in [1.807, 2.05) is 7.05 Å². The Kier molecular flexibility index (Phi) is 3.82. The van der Waals surface area contributed by atoms with Crippen LogP contribution >= 0.6 is 15.9 Å². The molecule has 1 atom stereocenters. The minimum absolute atomic E-state index is 0.0553. The van der Waals surface area contributed by atoms with Gasteiger partial charge < -0.3 is 9.84 Å². The zero-order valence-corrected chi connectivity index (χ0v) is 12.5. The number of benzene rings is 1. The van der Waals surface area contributed by atoms with Crippen molar-refractivity contribution in [3.63, 3.8) is 0 Å². The first-order chi connectivity index (χ1) is 9.65. The van der Waals surface area contributed by atoms with Gasteiger partial charge in [0.15, 0.2) is 5.82 Å². The number of nitrogens with one attached hydrogen (secondary N) is 1. The Morgan fingerprint density at radius 3 is 3.10 bits per heavy atom. The molecule has 5 nitrogen and oxygen atoms in total. The molecule has 1 aliphatic heterocycles. The van der Waals surface area contributed by atoms with Gasteiger partial charge >= 0.3 is 0 Å². The van der Waals surface area contributed by atoms with E-state index in [0.29, 0.717) is 15.9 Å². The van der Waals surface area contributed by atoms with E-state index in [4.69, 9.17) is 4.52 Å². The van der Waals surface area contributed by atoms with Crippen LogP contribution in [0.3, 0.4) is 0 Å². The molecular formula is C13H14BrFN4O. The molecule has 0 aliphatic carbocycles. The lowest BCUT2D eigenvalue weighted by molar-refractivity contribution is 0.190. The standard InChI is InChI=1S/C13H14BrFN4O/c1-19-5-4-16-7-11(19)12-17-13(20-18-12)9-3-2-8(14)6-10(9)15/h2-3,6,11,16H,4-5,7H2,1H3. The Balaban J connectivity index is 1.89. The fourth-order valence-corrected chi connectivity index (χ4v) is 2.57. The Labute approximate surface area is 124 Å². The zero-order chi connectivity index (χ0) is 14.1. The maximum atomic E-state index is 13.9. The van der Waals surface area contributed by atoms with E-state index >= 15 is 0 Å². The Bertz CT molecular complexity index is 618. The predicted molar refractivity (Wildman–Crippen MR) is 75.6 cm³/mol. The molecule has 3 rings (SSSR count). The van der Waals surface area contributed by atoms with Gasteiger partial charge in [0.05, 0.1) is 11.6 Å². The summed E-state index contributed by atoms with van der Waals surface area (Å²) in [5.41, 5.74) is 0.318. The van der Waals surface area contributed by atoms with Crippen LogP contribution in [0.25, 0.3) is 11.5 Å². The Morgan fingerprint density at radius 2 is 2.35 bits per heavy atom. The highest BCUT2D eigenvalue weighted by molar-refractivity contribution is 9.10. The van der Waals surface area contributed by atoms with E-state index in [1.54, 1.807) is 12.1 Å². The number of piperazine rings is 1. The average Bonchev–Trinajstić information content (AvgIpc) is 2.88. The Hall–Kier alpha value is -1.31. The molecule has 7 heteroatoms. The second kappa shape index (κ2) is 5.59. The van der Waals surface area contributed by atoms with Crippen LogP contribution in [0.15, 0.2) is 27.2 Å². The van der Waals surface area contributed by atoms with Crippen LogP contribution in [0.1, 0.15) is 11.9 Å². The van der Waals surface area contributed by atoms with Crippen LogP contribution in [0.4, 0.5) is 4.39 Å². The molecule has 1 aromatic carbocycles. The van der Waals surface area contributed by atoms with E-state index in [1.165, 1.54) is 6.07 Å². The van der Waals surface area contributed by atoms with Gasteiger partial charge in [-0.05, 0) is 25.2 Å². The number of nitrogens with zero attached hydrogens (tertiary/aromatic N) is 3. The van der Waals surface area contributed by atoms with Crippen molar-refractivity contribution in [2.45, 2.75) is 6.04 Å². The van der Waals surface area contributed by atoms with E-state index in [-0.39, 0.29) is 17.7 Å². The Morgan fingerprint density at radius 1 is 1.50 bits per heavy atom. The number of aromatic nitrogens is 2. The van der Waals surface area contributed by atoms with E-state index in [2.05, 4.69) is 36.3 Å². The molecule has 0 saturated carbocycles. The molecule has 2 heterocycles. The number of hydrogen-bond donors (Lipinski definition) is 1. The smallest absolute Gasteiger partial charge is 0.260 e. The van der Waals surface area contributed by atoms with Crippen LogP contribution in [-0.2, 0) is 0 Å². The van der Waals surface area contributed by atoms with Crippen molar-refractivity contribution in [3.8, 4) is 11.5 Å². The summed E-state index contributed by atoms with van der Waals surface area (Å²) in [5.74, 6) is 0.408. The highest BCUT2D eigenvalue weighted by Crippen LogP contribution is 2.26. The molecular weight excluding hydrogens is 327 g/mol. The van der Waals surface area contributed by atoms with E-state index in [9.17, 15) is 4.39 Å². The van der Waals surface area contributed by atoms with Crippen molar-refractivity contribution in [2.75, 3.05) is 26.7 Å². The predicted octanol–water partition coefficient (Wildman–Crippen LogP) is 2.21. The second-order valence-electron chi connectivity index (χ2n) is 4.78. The summed E-state index contributed by atoms with van der Waals surface area (Å²) in [6.07, 6.45) is 0. The topological polar surface area (TPSA) is 54.2 Å². The SMILES string of the molecule is CN1CCNCC1c1noc(-c2ccc(Br)cc2F)n1. The molecule has 106 valence electrons. The van der Waals surface area contributed by atoms with Crippen molar-refractivity contribution < 1.29 is 8.91 Å². The summed E-state index contributed by atoms with van der Waals surface area (Å²) in [6.45, 7) is 2.62. The summed E-state index contributed by atoms with van der Waals surface area (Å²) in [4.78, 5) is 6.49. The first-order valence-electron chi connectivity index (χ1n) is 6.35. The molecule has 20 heavy (non-hydrogen) atoms. The lowest BCUT2D eigenvalue weighted by atomic mass is 10.2. The van der Waals surface area contributed by atoms with Gasteiger partial charge in [-0.2, -0.15) is 4.98 Å². The van der Waals surface area contributed by atoms with Crippen LogP contribution in [0, 0.1) is 5.82 Å². The average molecular weight is 341 g/mol. The van der Waals surface area contributed by atoms with Gasteiger partial charge in [0.2, 0.25) is 0 Å². The fourth-order valence-electron chi connectivity index (χ4n) is 2.24. The van der Waals surface area contributed by atoms with Gasteiger partial charge in [-0.25, -0.2) is 4.39 Å². The molecule has 0 spiro atoms. The fraction of sp³-hybridized carbons (Fsp3) is 0.385. The first kappa shape index (κ1) is 13.7. The summed E-state index contributed by atoms with van der Waals surface area (Å²) >= 11 is 3.22. The van der Waals surface area contributed by atoms with Gasteiger partial charge in [0.1, 0.15) is 5.82 Å². The van der Waals surface area contributed by atoms with Gasteiger partial charge in [-0.3, -0.25) is 4.90 Å². The van der Waals surface area contributed by atoms with Gasteiger partial charge in [0.25, 0.3) is 5.89 Å². The monoisotopic (exact) mass is 340 g/mol. The molecule has 1 unspecified atom stereocenters. The molecule has 0 bridgehead atoms. The highest BCUT2D eigenvalue weighted by Gasteiger charge is 2.26. The quantitative estimate of drug-likeness (QED) is 0.908. The third-order valence-electron chi connectivity index (χ3n) is 3.41. The second-order valence-corrected chi connectivity index (χ2v) is 5.70. The van der Waals surface area contributed by atoms with Crippen molar-refractivity contribution in [1.29, 1.82) is 0 Å². The molecule has 0 amide bonds. The largest absolute Gasteiger partial charge is 0.334 e. The van der Waals surface area contributed by atoms with E-state index in [0.717, 1.165) is 19.6 Å². The summed E-state index contributed by atoms with van der Waals surface area (Å²) in [6, 6.07) is 4.81. The van der Waals surface area contributed by atoms with Crippen molar-refractivity contribution >= 4 is 15.9 Å². The highest BCUT2D eigenvalue weighted by atomic mass is 79.9.